The van der Waals surface area contributed by atoms with Gasteiger partial charge in [-0.15, -0.1) is 0 Å². The van der Waals surface area contributed by atoms with Crippen LogP contribution in [0.4, 0.5) is 0 Å². The Morgan fingerprint density at radius 1 is 1.28 bits per heavy atom. The van der Waals surface area contributed by atoms with Crippen molar-refractivity contribution in [2.24, 2.45) is 0 Å². The third kappa shape index (κ3) is 4.12. The molecule has 0 amide bonds. The number of rotatable bonds is 6. The van der Waals surface area contributed by atoms with Crippen molar-refractivity contribution in [3.63, 3.8) is 0 Å². The molecule has 1 N–H and O–H groups in total. The Bertz CT molecular complexity index is 483. The molecule has 0 heterocycles. The molecule has 0 aromatic heterocycles. The van der Waals surface area contributed by atoms with E-state index in [0.29, 0.717) is 6.42 Å². The normalized spacial score (nSPS) is 13.6. The van der Waals surface area contributed by atoms with Crippen LogP contribution in [-0.2, 0) is 9.84 Å². The van der Waals surface area contributed by atoms with Gasteiger partial charge in [0.1, 0.15) is 4.90 Å². The maximum atomic E-state index is 12.2. The van der Waals surface area contributed by atoms with Gasteiger partial charge in [-0.25, -0.2) is 8.42 Å². The molecule has 0 aliphatic heterocycles. The van der Waals surface area contributed by atoms with Crippen LogP contribution in [0.3, 0.4) is 0 Å². The third-order valence-corrected chi connectivity index (χ3v) is 5.29. The summed E-state index contributed by atoms with van der Waals surface area (Å²) in [4.78, 5) is 0.0389. The van der Waals surface area contributed by atoms with Crippen LogP contribution in [0.2, 0.25) is 10.0 Å². The maximum Gasteiger partial charge on any atom is 0.181 e. The number of nitrogens with one attached hydrogen (secondary N) is 1. The van der Waals surface area contributed by atoms with Gasteiger partial charge in [0.2, 0.25) is 0 Å². The quantitative estimate of drug-likeness (QED) is 0.878. The number of hydrogen-bond donors (Lipinski definition) is 1. The first-order valence-corrected chi connectivity index (χ1v) is 8.19. The molecule has 0 radical (unpaired) electrons. The van der Waals surface area contributed by atoms with Crippen LogP contribution in [0.5, 0.6) is 0 Å². The lowest BCUT2D eigenvalue weighted by Crippen LogP contribution is -2.28. The second-order valence-corrected chi connectivity index (χ2v) is 6.98. The molecular formula is C12H17Cl2NO2S. The van der Waals surface area contributed by atoms with Crippen LogP contribution in [-0.4, -0.2) is 26.8 Å². The van der Waals surface area contributed by atoms with Gasteiger partial charge in [0.05, 0.1) is 15.8 Å². The summed E-state index contributed by atoms with van der Waals surface area (Å²) < 4.78 is 24.4. The summed E-state index contributed by atoms with van der Waals surface area (Å²) in [5, 5.41) is 3.53. The average Bonchev–Trinajstić information content (AvgIpc) is 2.26. The topological polar surface area (TPSA) is 46.2 Å². The summed E-state index contributed by atoms with van der Waals surface area (Å²) in [6, 6.07) is 4.85. The highest BCUT2D eigenvalue weighted by Crippen LogP contribution is 2.30. The Balaban J connectivity index is 2.87. The van der Waals surface area contributed by atoms with Crippen molar-refractivity contribution in [2.45, 2.75) is 31.2 Å². The molecule has 0 spiro atoms. The number of benzene rings is 1. The minimum Gasteiger partial charge on any atom is -0.314 e. The number of hydrogen-bond acceptors (Lipinski definition) is 3. The lowest BCUT2D eigenvalue weighted by atomic mass is 10.3. The summed E-state index contributed by atoms with van der Waals surface area (Å²) in [6.07, 6.45) is 0.526. The van der Waals surface area contributed by atoms with E-state index in [1.165, 1.54) is 12.1 Å². The zero-order valence-corrected chi connectivity index (χ0v) is 12.7. The van der Waals surface area contributed by atoms with Crippen molar-refractivity contribution in [1.29, 1.82) is 0 Å². The predicted molar refractivity (Wildman–Crippen MR) is 76.3 cm³/mol. The molecule has 0 aliphatic carbocycles. The van der Waals surface area contributed by atoms with Gasteiger partial charge >= 0.3 is 0 Å². The first-order chi connectivity index (χ1) is 8.38. The Labute approximate surface area is 118 Å². The SMILES string of the molecule is CCNC(C)CCS(=O)(=O)c1c(Cl)cccc1Cl. The van der Waals surface area contributed by atoms with E-state index in [2.05, 4.69) is 5.32 Å². The maximum absolute atomic E-state index is 12.2. The fourth-order valence-electron chi connectivity index (χ4n) is 1.66. The average molecular weight is 310 g/mol. The predicted octanol–water partition coefficient (Wildman–Crippen LogP) is 3.16. The zero-order chi connectivity index (χ0) is 13.8. The van der Waals surface area contributed by atoms with E-state index in [1.54, 1.807) is 6.07 Å². The first kappa shape index (κ1) is 15.8. The van der Waals surface area contributed by atoms with Crippen LogP contribution in [0.15, 0.2) is 23.1 Å². The lowest BCUT2D eigenvalue weighted by Gasteiger charge is -2.13. The van der Waals surface area contributed by atoms with Crippen molar-refractivity contribution >= 4 is 33.0 Å². The highest BCUT2D eigenvalue weighted by Gasteiger charge is 2.22. The third-order valence-electron chi connectivity index (χ3n) is 2.60. The second-order valence-electron chi connectivity index (χ2n) is 4.12. The van der Waals surface area contributed by atoms with E-state index >= 15 is 0 Å². The van der Waals surface area contributed by atoms with Gasteiger partial charge in [-0.1, -0.05) is 36.2 Å². The van der Waals surface area contributed by atoms with Gasteiger partial charge in [0, 0.05) is 6.04 Å². The zero-order valence-electron chi connectivity index (χ0n) is 10.4. The largest absolute Gasteiger partial charge is 0.314 e. The standard InChI is InChI=1S/C12H17Cl2NO2S/c1-3-15-9(2)7-8-18(16,17)12-10(13)5-4-6-11(12)14/h4-6,9,15H,3,7-8H2,1-2H3. The molecule has 0 bridgehead atoms. The second kappa shape index (κ2) is 6.75. The highest BCUT2D eigenvalue weighted by atomic mass is 35.5. The van der Waals surface area contributed by atoms with Gasteiger partial charge in [-0.05, 0) is 32.0 Å². The number of halogens is 2. The van der Waals surface area contributed by atoms with Crippen LogP contribution in [0.1, 0.15) is 20.3 Å². The Morgan fingerprint density at radius 2 is 1.83 bits per heavy atom. The van der Waals surface area contributed by atoms with E-state index in [1.807, 2.05) is 13.8 Å². The molecule has 1 rings (SSSR count). The molecule has 18 heavy (non-hydrogen) atoms. The molecule has 0 saturated carbocycles. The van der Waals surface area contributed by atoms with Crippen LogP contribution in [0, 0.1) is 0 Å². The molecule has 0 aliphatic rings. The van der Waals surface area contributed by atoms with Crippen LogP contribution < -0.4 is 5.32 Å². The van der Waals surface area contributed by atoms with Crippen molar-refractivity contribution in [3.05, 3.63) is 28.2 Å². The lowest BCUT2D eigenvalue weighted by molar-refractivity contribution is 0.541. The molecule has 1 aromatic rings. The smallest absolute Gasteiger partial charge is 0.181 e. The molecule has 1 atom stereocenters. The Kier molecular flexibility index (Phi) is 5.92. The molecule has 102 valence electrons. The molecule has 1 unspecified atom stereocenters. The first-order valence-electron chi connectivity index (χ1n) is 5.78. The molecule has 6 heteroatoms. The molecular weight excluding hydrogens is 293 g/mol. The Hall–Kier alpha value is -0.290. The Morgan fingerprint density at radius 3 is 2.33 bits per heavy atom. The van der Waals surface area contributed by atoms with E-state index < -0.39 is 9.84 Å². The highest BCUT2D eigenvalue weighted by molar-refractivity contribution is 7.91. The van der Waals surface area contributed by atoms with Gasteiger partial charge < -0.3 is 5.32 Å². The van der Waals surface area contributed by atoms with Gasteiger partial charge in [0.25, 0.3) is 0 Å². The summed E-state index contributed by atoms with van der Waals surface area (Å²) >= 11 is 11.8. The van der Waals surface area contributed by atoms with Crippen LogP contribution in [0.25, 0.3) is 0 Å². The summed E-state index contributed by atoms with van der Waals surface area (Å²) in [7, 11) is -3.44. The minimum absolute atomic E-state index is 0.0324. The molecule has 1 aromatic carbocycles. The van der Waals surface area contributed by atoms with Crippen molar-refractivity contribution in [3.8, 4) is 0 Å². The molecule has 0 fully saturated rings. The van der Waals surface area contributed by atoms with Crippen LogP contribution >= 0.6 is 23.2 Å². The van der Waals surface area contributed by atoms with E-state index in [-0.39, 0.29) is 26.7 Å². The fraction of sp³-hybridized carbons (Fsp3) is 0.500. The summed E-state index contributed by atoms with van der Waals surface area (Å²) in [5.74, 6) is 0.0324. The van der Waals surface area contributed by atoms with E-state index in [0.717, 1.165) is 6.54 Å². The summed E-state index contributed by atoms with van der Waals surface area (Å²) in [6.45, 7) is 4.75. The van der Waals surface area contributed by atoms with Gasteiger partial charge in [-0.3, -0.25) is 0 Å². The van der Waals surface area contributed by atoms with Crippen molar-refractivity contribution < 1.29 is 8.42 Å². The summed E-state index contributed by atoms with van der Waals surface area (Å²) in [5.41, 5.74) is 0. The van der Waals surface area contributed by atoms with E-state index in [9.17, 15) is 8.42 Å². The molecule has 3 nitrogen and oxygen atoms in total. The van der Waals surface area contributed by atoms with Crippen molar-refractivity contribution in [1.82, 2.24) is 5.32 Å². The monoisotopic (exact) mass is 309 g/mol. The van der Waals surface area contributed by atoms with Gasteiger partial charge in [-0.2, -0.15) is 0 Å². The number of sulfone groups is 1. The van der Waals surface area contributed by atoms with Crippen molar-refractivity contribution in [2.75, 3.05) is 12.3 Å². The fourth-order valence-corrected chi connectivity index (χ4v) is 4.37. The minimum atomic E-state index is -3.44. The van der Waals surface area contributed by atoms with E-state index in [4.69, 9.17) is 23.2 Å². The molecule has 0 saturated heterocycles. The van der Waals surface area contributed by atoms with Gasteiger partial charge in [0.15, 0.2) is 9.84 Å².